The number of nitrogens with one attached hydrogen (secondary N) is 1. The number of fused-ring (bicyclic) bond motifs is 4. The van der Waals surface area contributed by atoms with Crippen molar-refractivity contribution in [3.8, 4) is 0 Å². The molecule has 8 nitrogen and oxygen atoms in total. The van der Waals surface area contributed by atoms with E-state index in [1.807, 2.05) is 4.90 Å². The Morgan fingerprint density at radius 1 is 0.939 bits per heavy atom. The zero-order valence-electron chi connectivity index (χ0n) is 31.1. The quantitative estimate of drug-likeness (QED) is 0.294. The number of hydrogen-bond donors (Lipinski definition) is 1. The van der Waals surface area contributed by atoms with Crippen molar-refractivity contribution >= 4 is 12.0 Å². The maximum absolute atomic E-state index is 13.0. The van der Waals surface area contributed by atoms with E-state index in [1.165, 1.54) is 97.0 Å². The van der Waals surface area contributed by atoms with Crippen molar-refractivity contribution in [1.82, 2.24) is 10.2 Å². The first-order valence-electron chi connectivity index (χ1n) is 20.5. The Morgan fingerprint density at radius 2 is 1.78 bits per heavy atom. The second-order valence-electron chi connectivity index (χ2n) is 19.3. The fourth-order valence-corrected chi connectivity index (χ4v) is 13.9. The Kier molecular flexibility index (Phi) is 9.37. The second kappa shape index (κ2) is 13.2. The topological polar surface area (TPSA) is 86.3 Å². The van der Waals surface area contributed by atoms with Gasteiger partial charge in [0, 0.05) is 19.5 Å². The van der Waals surface area contributed by atoms with Gasteiger partial charge in [-0.15, -0.1) is 0 Å². The van der Waals surface area contributed by atoms with Crippen molar-refractivity contribution in [2.24, 2.45) is 51.2 Å². The highest BCUT2D eigenvalue weighted by Crippen LogP contribution is 2.74. The van der Waals surface area contributed by atoms with Crippen molar-refractivity contribution in [3.63, 3.8) is 0 Å². The van der Waals surface area contributed by atoms with Gasteiger partial charge in [-0.2, -0.15) is 0 Å². The number of methoxy groups -OCH3 is 1. The van der Waals surface area contributed by atoms with Crippen LogP contribution < -0.4 is 5.32 Å². The number of nitrogens with zero attached hydrogens (tertiary/aromatic N) is 1. The second-order valence-corrected chi connectivity index (χ2v) is 19.3. The van der Waals surface area contributed by atoms with Gasteiger partial charge in [-0.25, -0.2) is 4.79 Å². The van der Waals surface area contributed by atoms with Gasteiger partial charge in [0.25, 0.3) is 0 Å². The van der Waals surface area contributed by atoms with Crippen LogP contribution in [0.1, 0.15) is 136 Å². The number of hydrogen-bond acceptors (Lipinski definition) is 6. The van der Waals surface area contributed by atoms with Gasteiger partial charge in [0.15, 0.2) is 6.29 Å². The first kappa shape index (κ1) is 34.7. The standard InChI is InChI=1S/C41H66N2O6/c1-38(2)33-13-10-28-23-40(16-6-15-39(3)30-12-11-29(14-18-42-37(45)46-4)48-32(30)22-31(28)39)25-41(33,26-40)17-5-7-34(38)49-36-24-43(19-20-47-36)35(44)21-27-8-9-27/h27-34,36H,5-26H2,1-4H3,(H,42,45). The van der Waals surface area contributed by atoms with Gasteiger partial charge in [0.1, 0.15) is 0 Å². The van der Waals surface area contributed by atoms with Crippen LogP contribution in [0.15, 0.2) is 0 Å². The fraction of sp³-hybridized carbons (Fsp3) is 0.951. The lowest BCUT2D eigenvalue weighted by atomic mass is 9.38. The molecule has 3 bridgehead atoms. The van der Waals surface area contributed by atoms with Crippen molar-refractivity contribution < 1.29 is 28.5 Å². The highest BCUT2D eigenvalue weighted by Gasteiger charge is 2.66. The van der Waals surface area contributed by atoms with E-state index < -0.39 is 0 Å². The smallest absolute Gasteiger partial charge is 0.406 e. The van der Waals surface area contributed by atoms with Crippen LogP contribution in [-0.2, 0) is 23.7 Å². The van der Waals surface area contributed by atoms with Gasteiger partial charge in [-0.1, -0.05) is 33.6 Å². The summed E-state index contributed by atoms with van der Waals surface area (Å²) in [6.45, 7) is 10.2. The molecule has 0 aromatic heterocycles. The highest BCUT2D eigenvalue weighted by atomic mass is 16.7. The summed E-state index contributed by atoms with van der Waals surface area (Å²) in [6, 6.07) is 0. The average molecular weight is 683 g/mol. The van der Waals surface area contributed by atoms with E-state index in [9.17, 15) is 9.59 Å². The van der Waals surface area contributed by atoms with E-state index in [4.69, 9.17) is 18.9 Å². The van der Waals surface area contributed by atoms with E-state index in [2.05, 4.69) is 26.1 Å². The number of carbonyl (C=O) groups excluding carboxylic acids is 2. The summed E-state index contributed by atoms with van der Waals surface area (Å²) in [5.74, 6) is 3.77. The number of alkyl carbamates (subject to hydrolysis) is 1. The van der Waals surface area contributed by atoms with Crippen LogP contribution in [0.2, 0.25) is 0 Å². The minimum absolute atomic E-state index is 0.0693. The molecule has 7 saturated carbocycles. The summed E-state index contributed by atoms with van der Waals surface area (Å²) in [7, 11) is 1.43. The van der Waals surface area contributed by atoms with Crippen LogP contribution in [0.5, 0.6) is 0 Å². The predicted octanol–water partition coefficient (Wildman–Crippen LogP) is 7.87. The zero-order chi connectivity index (χ0) is 34.0. The molecule has 9 aliphatic rings. The monoisotopic (exact) mass is 682 g/mol. The first-order valence-corrected chi connectivity index (χ1v) is 20.5. The number of morpholine rings is 1. The number of ether oxygens (including phenoxy) is 4. The average Bonchev–Trinajstić information content (AvgIpc) is 3.83. The van der Waals surface area contributed by atoms with E-state index in [0.717, 1.165) is 31.1 Å². The molecule has 9 atom stereocenters. The Morgan fingerprint density at radius 3 is 2.57 bits per heavy atom. The van der Waals surface area contributed by atoms with Crippen LogP contribution >= 0.6 is 0 Å². The molecule has 0 radical (unpaired) electrons. The lowest BCUT2D eigenvalue weighted by Crippen LogP contribution is -2.58. The fourth-order valence-electron chi connectivity index (χ4n) is 13.9. The largest absolute Gasteiger partial charge is 0.453 e. The number of carbonyl (C=O) groups is 2. The van der Waals surface area contributed by atoms with Gasteiger partial charge >= 0.3 is 6.09 Å². The molecule has 7 aliphatic carbocycles. The van der Waals surface area contributed by atoms with Gasteiger partial charge < -0.3 is 29.2 Å². The minimum atomic E-state index is -0.349. The zero-order valence-corrected chi connectivity index (χ0v) is 31.1. The summed E-state index contributed by atoms with van der Waals surface area (Å²) < 4.78 is 24.9. The molecule has 49 heavy (non-hydrogen) atoms. The number of amides is 2. The molecule has 2 saturated heterocycles. The predicted molar refractivity (Wildman–Crippen MR) is 188 cm³/mol. The normalized spacial score (nSPS) is 45.8. The van der Waals surface area contributed by atoms with Crippen LogP contribution in [0.4, 0.5) is 4.79 Å². The summed E-state index contributed by atoms with van der Waals surface area (Å²) in [6.07, 6.45) is 22.6. The first-order chi connectivity index (χ1) is 23.5. The molecule has 8 heteroatoms. The third-order valence-corrected chi connectivity index (χ3v) is 16.2. The molecule has 9 rings (SSSR count). The van der Waals surface area contributed by atoms with Crippen molar-refractivity contribution in [1.29, 1.82) is 0 Å². The molecule has 9 unspecified atom stereocenters. The number of rotatable bonds is 7. The van der Waals surface area contributed by atoms with Crippen LogP contribution in [0, 0.1) is 51.2 Å². The summed E-state index contributed by atoms with van der Waals surface area (Å²) in [5, 5.41) is 2.86. The van der Waals surface area contributed by atoms with Gasteiger partial charge in [-0.05, 0) is 148 Å². The lowest BCUT2D eigenvalue weighted by molar-refractivity contribution is -0.237. The molecular weight excluding hydrogens is 616 g/mol. The molecule has 9 fully saturated rings. The van der Waals surface area contributed by atoms with Gasteiger partial charge in [-0.3, -0.25) is 4.79 Å². The Balaban J connectivity index is 0.962. The minimum Gasteiger partial charge on any atom is -0.453 e. The van der Waals surface area contributed by atoms with Crippen LogP contribution in [0.3, 0.4) is 0 Å². The molecule has 2 spiro atoms. The third-order valence-electron chi connectivity index (χ3n) is 16.2. The summed E-state index contributed by atoms with van der Waals surface area (Å²) in [4.78, 5) is 26.6. The van der Waals surface area contributed by atoms with Crippen LogP contribution in [0.25, 0.3) is 0 Å². The van der Waals surface area contributed by atoms with Crippen molar-refractivity contribution in [2.75, 3.05) is 33.4 Å². The van der Waals surface area contributed by atoms with E-state index in [1.54, 1.807) is 0 Å². The Hall–Kier alpha value is -1.38. The van der Waals surface area contributed by atoms with E-state index in [-0.39, 0.29) is 30.0 Å². The lowest BCUT2D eigenvalue weighted by Gasteiger charge is -2.66. The molecule has 276 valence electrons. The van der Waals surface area contributed by atoms with Gasteiger partial charge in [0.2, 0.25) is 5.91 Å². The van der Waals surface area contributed by atoms with Crippen LogP contribution in [-0.4, -0.2) is 74.9 Å². The Bertz CT molecular complexity index is 1230. The van der Waals surface area contributed by atoms with Gasteiger partial charge in [0.05, 0.1) is 38.6 Å². The molecule has 0 aromatic rings. The maximum atomic E-state index is 13.0. The third kappa shape index (κ3) is 6.49. The van der Waals surface area contributed by atoms with Crippen molar-refractivity contribution in [3.05, 3.63) is 0 Å². The maximum Gasteiger partial charge on any atom is 0.406 e. The SMILES string of the molecule is COC(=O)NCCC1CCC2C(CC3C4CCC5C6(CCCC(OC7CN(C(=O)CC8CC8)CCO7)C5(C)C)CC(CCCC32C)(C4)C6)O1. The molecule has 2 amide bonds. The van der Waals surface area contributed by atoms with E-state index >= 15 is 0 Å². The summed E-state index contributed by atoms with van der Waals surface area (Å²) in [5.41, 5.74) is 1.44. The molecule has 2 aliphatic heterocycles. The van der Waals surface area contributed by atoms with E-state index in [0.29, 0.717) is 78.7 Å². The molecular formula is C41H66N2O6. The highest BCUT2D eigenvalue weighted by molar-refractivity contribution is 5.76. The summed E-state index contributed by atoms with van der Waals surface area (Å²) >= 11 is 0. The molecule has 0 aromatic carbocycles. The van der Waals surface area contributed by atoms with Crippen molar-refractivity contribution in [2.45, 2.75) is 161 Å². The molecule has 2 heterocycles. The Labute approximate surface area is 295 Å². The molecule has 1 N–H and O–H groups in total.